The van der Waals surface area contributed by atoms with Crippen LogP contribution in [0.25, 0.3) is 0 Å². The zero-order chi connectivity index (χ0) is 17.2. The zero-order valence-electron chi connectivity index (χ0n) is 13.9. The highest BCUT2D eigenvalue weighted by Crippen LogP contribution is 2.46. The lowest BCUT2D eigenvalue weighted by Crippen LogP contribution is -2.23. The summed E-state index contributed by atoms with van der Waals surface area (Å²) in [6, 6.07) is 8.32. The van der Waals surface area contributed by atoms with Gasteiger partial charge in [0.05, 0.1) is 6.20 Å². The monoisotopic (exact) mass is 321 g/mol. The Hall–Kier alpha value is -3.02. The van der Waals surface area contributed by atoms with Gasteiger partial charge in [-0.15, -0.1) is 0 Å². The molecule has 0 saturated carbocycles. The summed E-state index contributed by atoms with van der Waals surface area (Å²) >= 11 is 0. The number of hydrazone groups is 1. The summed E-state index contributed by atoms with van der Waals surface area (Å²) in [5.41, 5.74) is 6.13. The van der Waals surface area contributed by atoms with E-state index in [1.54, 1.807) is 6.21 Å². The Morgan fingerprint density at radius 3 is 2.79 bits per heavy atom. The van der Waals surface area contributed by atoms with E-state index in [9.17, 15) is 4.79 Å². The average Bonchev–Trinajstić information content (AvgIpc) is 2.80. The van der Waals surface area contributed by atoms with Gasteiger partial charge in [-0.1, -0.05) is 32.0 Å². The normalized spacial score (nSPS) is 17.3. The molecule has 122 valence electrons. The van der Waals surface area contributed by atoms with Crippen LogP contribution in [0.4, 0.5) is 5.69 Å². The van der Waals surface area contributed by atoms with Crippen LogP contribution >= 0.6 is 0 Å². The highest BCUT2D eigenvalue weighted by atomic mass is 16.2. The highest BCUT2D eigenvalue weighted by molar-refractivity contribution is 5.92. The number of likely N-dealkylation sites (N-methyl/N-ethyl adjacent to an activating group) is 1. The fourth-order valence-corrected chi connectivity index (χ4v) is 2.98. The Bertz CT molecular complexity index is 811. The summed E-state index contributed by atoms with van der Waals surface area (Å²) in [5, 5.41) is 3.98. The second kappa shape index (κ2) is 6.23. The molecule has 0 aliphatic carbocycles. The van der Waals surface area contributed by atoms with Gasteiger partial charge in [0.2, 0.25) is 0 Å². The number of nitrogens with one attached hydrogen (secondary N) is 1. The lowest BCUT2D eigenvalue weighted by molar-refractivity contribution is 0.0949. The number of rotatable bonds is 3. The molecule has 0 radical (unpaired) electrons. The van der Waals surface area contributed by atoms with Gasteiger partial charge < -0.3 is 4.90 Å². The maximum atomic E-state index is 11.9. The van der Waals surface area contributed by atoms with Gasteiger partial charge in [-0.05, 0) is 17.7 Å². The number of carbonyl (C=O) groups is 1. The Morgan fingerprint density at radius 2 is 2.08 bits per heavy atom. The summed E-state index contributed by atoms with van der Waals surface area (Å²) in [5.74, 6) is -0.389. The van der Waals surface area contributed by atoms with E-state index in [1.165, 1.54) is 29.8 Å². The molecule has 2 heterocycles. The predicted octanol–water partition coefficient (Wildman–Crippen LogP) is 2.50. The largest absolute Gasteiger partial charge is 0.347 e. The summed E-state index contributed by atoms with van der Waals surface area (Å²) in [6.07, 6.45) is 7.88. The fraction of sp³-hybridized carbons (Fsp3) is 0.222. The molecule has 2 aromatic rings. The number of hydrogen-bond acceptors (Lipinski definition) is 5. The van der Waals surface area contributed by atoms with Crippen molar-refractivity contribution in [3.8, 4) is 0 Å². The van der Waals surface area contributed by atoms with Crippen molar-refractivity contribution in [2.75, 3.05) is 11.9 Å². The Balaban J connectivity index is 1.74. The lowest BCUT2D eigenvalue weighted by atomic mass is 9.84. The number of aromatic nitrogens is 2. The number of nitrogens with zero attached hydrogens (tertiary/aromatic N) is 4. The summed E-state index contributed by atoms with van der Waals surface area (Å²) in [4.78, 5) is 21.8. The van der Waals surface area contributed by atoms with Gasteiger partial charge in [-0.3, -0.25) is 9.78 Å². The van der Waals surface area contributed by atoms with Crippen LogP contribution in [0.2, 0.25) is 0 Å². The zero-order valence-corrected chi connectivity index (χ0v) is 13.9. The van der Waals surface area contributed by atoms with E-state index in [-0.39, 0.29) is 17.0 Å². The average molecular weight is 321 g/mol. The van der Waals surface area contributed by atoms with Crippen molar-refractivity contribution < 1.29 is 4.79 Å². The van der Waals surface area contributed by atoms with Gasteiger partial charge in [0.1, 0.15) is 5.69 Å². The number of carbonyl (C=O) groups excluding carboxylic acids is 1. The number of para-hydroxylation sites is 1. The minimum atomic E-state index is -0.389. The molecule has 3 rings (SSSR count). The van der Waals surface area contributed by atoms with Crippen molar-refractivity contribution in [2.45, 2.75) is 19.3 Å². The molecule has 0 unspecified atom stereocenters. The van der Waals surface area contributed by atoms with Gasteiger partial charge >= 0.3 is 0 Å². The number of amides is 1. The van der Waals surface area contributed by atoms with E-state index in [0.717, 1.165) is 5.70 Å². The first kappa shape index (κ1) is 15.9. The van der Waals surface area contributed by atoms with Crippen molar-refractivity contribution in [2.24, 2.45) is 5.10 Å². The topological polar surface area (TPSA) is 70.5 Å². The van der Waals surface area contributed by atoms with Crippen LogP contribution in [0, 0.1) is 0 Å². The predicted molar refractivity (Wildman–Crippen MR) is 93.9 cm³/mol. The van der Waals surface area contributed by atoms with Crippen molar-refractivity contribution in [3.63, 3.8) is 0 Å². The van der Waals surface area contributed by atoms with Crippen LogP contribution < -0.4 is 10.3 Å². The quantitative estimate of drug-likeness (QED) is 0.696. The molecule has 1 N–H and O–H groups in total. The van der Waals surface area contributed by atoms with Crippen LogP contribution in [-0.2, 0) is 5.41 Å². The van der Waals surface area contributed by atoms with Crippen LogP contribution in [0.5, 0.6) is 0 Å². The number of fused-ring (bicyclic) bond motifs is 1. The summed E-state index contributed by atoms with van der Waals surface area (Å²) in [7, 11) is 2.03. The number of hydrogen-bond donors (Lipinski definition) is 1. The van der Waals surface area contributed by atoms with E-state index in [4.69, 9.17) is 0 Å². The Labute approximate surface area is 140 Å². The second-order valence-electron chi connectivity index (χ2n) is 6.06. The molecule has 1 aromatic carbocycles. The van der Waals surface area contributed by atoms with Crippen LogP contribution in [0.3, 0.4) is 0 Å². The first-order valence-corrected chi connectivity index (χ1v) is 7.65. The van der Waals surface area contributed by atoms with Gasteiger partial charge in [0.25, 0.3) is 5.91 Å². The second-order valence-corrected chi connectivity index (χ2v) is 6.06. The molecule has 1 aromatic heterocycles. The third-order valence-corrected chi connectivity index (χ3v) is 4.21. The minimum absolute atomic E-state index is 0.119. The summed E-state index contributed by atoms with van der Waals surface area (Å²) in [6.45, 7) is 4.35. The molecule has 0 atom stereocenters. The third-order valence-electron chi connectivity index (χ3n) is 4.21. The van der Waals surface area contributed by atoms with E-state index < -0.39 is 0 Å². The van der Waals surface area contributed by atoms with E-state index in [2.05, 4.69) is 51.4 Å². The van der Waals surface area contributed by atoms with Crippen LogP contribution in [-0.4, -0.2) is 29.1 Å². The molecule has 0 bridgehead atoms. The van der Waals surface area contributed by atoms with Crippen molar-refractivity contribution in [1.29, 1.82) is 0 Å². The fourth-order valence-electron chi connectivity index (χ4n) is 2.98. The molecule has 0 spiro atoms. The smallest absolute Gasteiger partial charge is 0.291 e. The molecular weight excluding hydrogens is 302 g/mol. The van der Waals surface area contributed by atoms with Gasteiger partial charge in [0, 0.05) is 42.5 Å². The van der Waals surface area contributed by atoms with E-state index >= 15 is 0 Å². The molecular formula is C18H19N5O. The van der Waals surface area contributed by atoms with Gasteiger partial charge in [-0.25, -0.2) is 10.4 Å². The molecule has 6 heteroatoms. The van der Waals surface area contributed by atoms with Crippen LogP contribution in [0.1, 0.15) is 29.9 Å². The first-order chi connectivity index (χ1) is 11.5. The Morgan fingerprint density at radius 1 is 1.29 bits per heavy atom. The van der Waals surface area contributed by atoms with Crippen molar-refractivity contribution in [1.82, 2.24) is 15.4 Å². The minimum Gasteiger partial charge on any atom is -0.347 e. The van der Waals surface area contributed by atoms with Gasteiger partial charge in [0.15, 0.2) is 0 Å². The standard InChI is InChI=1S/C18H19N5O/c1-18(2)13-6-4-5-7-15(13)23(3)16(18)8-9-21-22-17(24)14-12-19-10-11-20-14/h4-12H,1-3H3,(H,22,24)/b16-8-,21-9+. The SMILES string of the molecule is CN1/C(=C\C=N\NC(=O)c2cnccn2)C(C)(C)c2ccccc21. The maximum absolute atomic E-state index is 11.9. The Kier molecular flexibility index (Phi) is 4.12. The molecule has 0 saturated heterocycles. The molecule has 6 nitrogen and oxygen atoms in total. The van der Waals surface area contributed by atoms with Crippen molar-refractivity contribution >= 4 is 17.8 Å². The third kappa shape index (κ3) is 2.78. The first-order valence-electron chi connectivity index (χ1n) is 7.65. The van der Waals surface area contributed by atoms with Crippen LogP contribution in [0.15, 0.2) is 59.7 Å². The van der Waals surface area contributed by atoms with E-state index in [1.807, 2.05) is 25.3 Å². The molecule has 24 heavy (non-hydrogen) atoms. The molecule has 0 fully saturated rings. The number of benzene rings is 1. The molecule has 1 aliphatic rings. The van der Waals surface area contributed by atoms with E-state index in [0.29, 0.717) is 0 Å². The number of allylic oxidation sites excluding steroid dienone is 2. The highest BCUT2D eigenvalue weighted by Gasteiger charge is 2.37. The number of anilines is 1. The summed E-state index contributed by atoms with van der Waals surface area (Å²) < 4.78 is 0. The molecule has 1 aliphatic heterocycles. The maximum Gasteiger partial charge on any atom is 0.291 e. The lowest BCUT2D eigenvalue weighted by Gasteiger charge is -2.23. The van der Waals surface area contributed by atoms with Crippen molar-refractivity contribution in [3.05, 3.63) is 65.9 Å². The van der Waals surface area contributed by atoms with Gasteiger partial charge in [-0.2, -0.15) is 5.10 Å². The molecule has 1 amide bonds.